The van der Waals surface area contributed by atoms with Gasteiger partial charge in [-0.2, -0.15) is 0 Å². The molecule has 0 bridgehead atoms. The third kappa shape index (κ3) is 4.18. The molecule has 4 nitrogen and oxygen atoms in total. The molecular formula is C22H27NO3. The molecule has 0 aliphatic heterocycles. The van der Waals surface area contributed by atoms with E-state index in [2.05, 4.69) is 18.2 Å². The maximum absolute atomic E-state index is 11.6. The van der Waals surface area contributed by atoms with Gasteiger partial charge >= 0.3 is 0 Å². The van der Waals surface area contributed by atoms with Crippen LogP contribution in [0.3, 0.4) is 0 Å². The third-order valence-corrected chi connectivity index (χ3v) is 5.19. The molecule has 1 amide bonds. The molecule has 0 unspecified atom stereocenters. The number of rotatable bonds is 7. The third-order valence-electron chi connectivity index (χ3n) is 5.19. The summed E-state index contributed by atoms with van der Waals surface area (Å²) in [4.78, 5) is 13.6. The number of ether oxygens (including phenoxy) is 2. The van der Waals surface area contributed by atoms with Gasteiger partial charge in [-0.1, -0.05) is 43.5 Å². The van der Waals surface area contributed by atoms with Crippen LogP contribution in [0.2, 0.25) is 0 Å². The Morgan fingerprint density at radius 3 is 2.38 bits per heavy atom. The van der Waals surface area contributed by atoms with Crippen LogP contribution >= 0.6 is 0 Å². The summed E-state index contributed by atoms with van der Waals surface area (Å²) >= 11 is 0. The first-order valence-corrected chi connectivity index (χ1v) is 9.27. The van der Waals surface area contributed by atoms with Crippen LogP contribution in [0.15, 0.2) is 42.5 Å². The number of hydrogen-bond acceptors (Lipinski definition) is 3. The van der Waals surface area contributed by atoms with Crippen LogP contribution in [0.25, 0.3) is 11.1 Å². The van der Waals surface area contributed by atoms with Crippen molar-refractivity contribution in [2.24, 2.45) is 0 Å². The van der Waals surface area contributed by atoms with Gasteiger partial charge < -0.3 is 14.4 Å². The highest BCUT2D eigenvalue weighted by molar-refractivity contribution is 5.68. The molecule has 0 atom stereocenters. The van der Waals surface area contributed by atoms with Crippen molar-refractivity contribution >= 4 is 6.41 Å². The van der Waals surface area contributed by atoms with Crippen LogP contribution in [0.5, 0.6) is 11.5 Å². The maximum Gasteiger partial charge on any atom is 0.210 e. The molecule has 1 aliphatic rings. The molecule has 2 aromatic carbocycles. The van der Waals surface area contributed by atoms with Crippen molar-refractivity contribution in [2.75, 3.05) is 14.2 Å². The van der Waals surface area contributed by atoms with Gasteiger partial charge in [-0.3, -0.25) is 4.79 Å². The van der Waals surface area contributed by atoms with E-state index in [0.29, 0.717) is 18.3 Å². The van der Waals surface area contributed by atoms with E-state index < -0.39 is 0 Å². The average Bonchev–Trinajstić information content (AvgIpc) is 2.72. The van der Waals surface area contributed by atoms with Crippen molar-refractivity contribution in [3.8, 4) is 22.6 Å². The Kier molecular flexibility index (Phi) is 6.16. The Morgan fingerprint density at radius 2 is 1.69 bits per heavy atom. The predicted octanol–water partition coefficient (Wildman–Crippen LogP) is 4.66. The normalized spacial score (nSPS) is 14.7. The quantitative estimate of drug-likeness (QED) is 0.680. The number of nitrogens with zero attached hydrogens (tertiary/aromatic N) is 1. The molecular weight excluding hydrogens is 326 g/mol. The van der Waals surface area contributed by atoms with Crippen LogP contribution in [-0.4, -0.2) is 31.6 Å². The molecule has 26 heavy (non-hydrogen) atoms. The first kappa shape index (κ1) is 18.3. The van der Waals surface area contributed by atoms with Gasteiger partial charge in [0, 0.05) is 12.6 Å². The van der Waals surface area contributed by atoms with E-state index in [1.165, 1.54) is 19.3 Å². The number of amides is 1. The van der Waals surface area contributed by atoms with Crippen molar-refractivity contribution in [3.05, 3.63) is 48.0 Å². The second-order valence-electron chi connectivity index (χ2n) is 6.84. The number of carbonyl (C=O) groups excluding carboxylic acids is 1. The summed E-state index contributed by atoms with van der Waals surface area (Å²) in [6.45, 7) is 0.662. The van der Waals surface area contributed by atoms with E-state index in [-0.39, 0.29) is 0 Å². The molecule has 1 aliphatic carbocycles. The SMILES string of the molecule is COc1ccc(-c2cccc(CN(C=O)C3CCCCC3)c2)cc1OC. The Bertz CT molecular complexity index is 738. The molecule has 4 heteroatoms. The minimum Gasteiger partial charge on any atom is -0.493 e. The number of benzene rings is 2. The molecule has 0 radical (unpaired) electrons. The summed E-state index contributed by atoms with van der Waals surface area (Å²) in [7, 11) is 3.28. The van der Waals surface area contributed by atoms with Gasteiger partial charge in [-0.25, -0.2) is 0 Å². The summed E-state index contributed by atoms with van der Waals surface area (Å²) in [6, 6.07) is 14.7. The molecule has 0 spiro atoms. The molecule has 3 rings (SSSR count). The fourth-order valence-electron chi connectivity index (χ4n) is 3.74. The Labute approximate surface area is 155 Å². The Morgan fingerprint density at radius 1 is 0.962 bits per heavy atom. The summed E-state index contributed by atoms with van der Waals surface area (Å²) in [5.41, 5.74) is 3.33. The van der Waals surface area contributed by atoms with Gasteiger partial charge in [-0.05, 0) is 47.7 Å². The van der Waals surface area contributed by atoms with Crippen LogP contribution in [0.1, 0.15) is 37.7 Å². The predicted molar refractivity (Wildman–Crippen MR) is 103 cm³/mol. The highest BCUT2D eigenvalue weighted by Crippen LogP contribution is 2.32. The number of hydrogen-bond donors (Lipinski definition) is 0. The smallest absolute Gasteiger partial charge is 0.210 e. The minimum atomic E-state index is 0.381. The Hall–Kier alpha value is -2.49. The summed E-state index contributed by atoms with van der Waals surface area (Å²) in [5.74, 6) is 1.43. The molecule has 0 N–H and O–H groups in total. The molecule has 0 heterocycles. The molecule has 138 valence electrons. The lowest BCUT2D eigenvalue weighted by Gasteiger charge is -2.31. The fourth-order valence-corrected chi connectivity index (χ4v) is 3.74. The van der Waals surface area contributed by atoms with Crippen LogP contribution in [0.4, 0.5) is 0 Å². The standard InChI is InChI=1S/C22H27NO3/c1-25-21-12-11-19(14-22(21)26-2)18-8-6-7-17(13-18)15-23(16-24)20-9-4-3-5-10-20/h6-8,11-14,16,20H,3-5,9-10,15H2,1-2H3. The molecule has 2 aromatic rings. The van der Waals surface area contributed by atoms with E-state index in [0.717, 1.165) is 41.7 Å². The van der Waals surface area contributed by atoms with Crippen LogP contribution in [-0.2, 0) is 11.3 Å². The largest absolute Gasteiger partial charge is 0.493 e. The van der Waals surface area contributed by atoms with Gasteiger partial charge in [-0.15, -0.1) is 0 Å². The van der Waals surface area contributed by atoms with E-state index in [9.17, 15) is 4.79 Å². The van der Waals surface area contributed by atoms with E-state index in [1.807, 2.05) is 29.2 Å². The summed E-state index contributed by atoms with van der Waals surface area (Å²) in [5, 5.41) is 0. The van der Waals surface area contributed by atoms with Crippen molar-refractivity contribution in [2.45, 2.75) is 44.7 Å². The van der Waals surface area contributed by atoms with E-state index >= 15 is 0 Å². The zero-order valence-electron chi connectivity index (χ0n) is 15.6. The van der Waals surface area contributed by atoms with E-state index in [1.54, 1.807) is 14.2 Å². The fraction of sp³-hybridized carbons (Fsp3) is 0.409. The van der Waals surface area contributed by atoms with Crippen molar-refractivity contribution < 1.29 is 14.3 Å². The average molecular weight is 353 g/mol. The van der Waals surface area contributed by atoms with Gasteiger partial charge in [0.05, 0.1) is 14.2 Å². The van der Waals surface area contributed by atoms with Crippen LogP contribution < -0.4 is 9.47 Å². The van der Waals surface area contributed by atoms with Crippen molar-refractivity contribution in [1.82, 2.24) is 4.90 Å². The Balaban J connectivity index is 1.80. The van der Waals surface area contributed by atoms with Gasteiger partial charge in [0.2, 0.25) is 6.41 Å². The lowest BCUT2D eigenvalue weighted by Crippen LogP contribution is -2.35. The van der Waals surface area contributed by atoms with Crippen molar-refractivity contribution in [3.63, 3.8) is 0 Å². The van der Waals surface area contributed by atoms with Crippen LogP contribution in [0, 0.1) is 0 Å². The first-order valence-electron chi connectivity index (χ1n) is 9.27. The minimum absolute atomic E-state index is 0.381. The number of methoxy groups -OCH3 is 2. The maximum atomic E-state index is 11.6. The monoisotopic (exact) mass is 353 g/mol. The highest BCUT2D eigenvalue weighted by Gasteiger charge is 2.20. The van der Waals surface area contributed by atoms with Gasteiger partial charge in [0.25, 0.3) is 0 Å². The zero-order chi connectivity index (χ0) is 18.4. The first-order chi connectivity index (χ1) is 12.7. The van der Waals surface area contributed by atoms with Gasteiger partial charge in [0.15, 0.2) is 11.5 Å². The van der Waals surface area contributed by atoms with Gasteiger partial charge in [0.1, 0.15) is 0 Å². The molecule has 1 saturated carbocycles. The lowest BCUT2D eigenvalue weighted by molar-refractivity contribution is -0.121. The lowest BCUT2D eigenvalue weighted by atomic mass is 9.94. The van der Waals surface area contributed by atoms with E-state index in [4.69, 9.17) is 9.47 Å². The second kappa shape index (κ2) is 8.75. The topological polar surface area (TPSA) is 38.8 Å². The number of carbonyl (C=O) groups is 1. The molecule has 0 aromatic heterocycles. The molecule has 1 fully saturated rings. The summed E-state index contributed by atoms with van der Waals surface area (Å²) in [6.07, 6.45) is 6.99. The zero-order valence-corrected chi connectivity index (χ0v) is 15.6. The van der Waals surface area contributed by atoms with Crippen molar-refractivity contribution in [1.29, 1.82) is 0 Å². The summed E-state index contributed by atoms with van der Waals surface area (Å²) < 4.78 is 10.7. The second-order valence-corrected chi connectivity index (χ2v) is 6.84. The highest BCUT2D eigenvalue weighted by atomic mass is 16.5. The molecule has 0 saturated heterocycles.